The number of ether oxygens (including phenoxy) is 3. The van der Waals surface area contributed by atoms with Crippen LogP contribution in [-0.4, -0.2) is 77.1 Å². The molecule has 0 spiro atoms. The van der Waals surface area contributed by atoms with Crippen LogP contribution < -0.4 is 34.7 Å². The molecule has 0 aliphatic carbocycles. The molecule has 36 heavy (non-hydrogen) atoms. The van der Waals surface area contributed by atoms with Gasteiger partial charge in [0.15, 0.2) is 0 Å². The fourth-order valence-electron chi connectivity index (χ4n) is 4.30. The second-order valence-electron chi connectivity index (χ2n) is 9.83. The Morgan fingerprint density at radius 1 is 1.11 bits per heavy atom. The molecule has 0 radical (unpaired) electrons. The van der Waals surface area contributed by atoms with Crippen LogP contribution in [0.3, 0.4) is 0 Å². The third kappa shape index (κ3) is 11.7. The number of carboxylic acid groups (broad SMARTS) is 1. The van der Waals surface area contributed by atoms with Crippen molar-refractivity contribution in [1.82, 2.24) is 0 Å². The van der Waals surface area contributed by atoms with Gasteiger partial charge in [0.25, 0.3) is 0 Å². The van der Waals surface area contributed by atoms with Crippen molar-refractivity contribution in [2.45, 2.75) is 102 Å². The van der Waals surface area contributed by atoms with Crippen LogP contribution in [-0.2, 0) is 23.8 Å². The Balaban J connectivity index is 0.00000648. The SMILES string of the molecule is CC(=CC(=O)OCCCCC=CCCC(=O)[O-])CC1OCC(CC2OC2C(C)C(C)O)C(O)C1O.[Na+]. The molecule has 3 N–H and O–H groups in total. The van der Waals surface area contributed by atoms with Crippen LogP contribution in [0.5, 0.6) is 0 Å². The van der Waals surface area contributed by atoms with E-state index in [-0.39, 0.29) is 73.2 Å². The average Bonchev–Trinajstić information content (AvgIpc) is 3.55. The summed E-state index contributed by atoms with van der Waals surface area (Å²) in [6.07, 6.45) is 5.56. The van der Waals surface area contributed by atoms with Gasteiger partial charge >= 0.3 is 35.5 Å². The van der Waals surface area contributed by atoms with Crippen LogP contribution >= 0.6 is 0 Å². The second kappa shape index (κ2) is 16.9. The largest absolute Gasteiger partial charge is 1.00 e. The normalized spacial score (nSPS) is 29.9. The Hall–Kier alpha value is -0.780. The number of aliphatic carboxylic acids is 1. The van der Waals surface area contributed by atoms with Crippen molar-refractivity contribution in [3.8, 4) is 0 Å². The molecule has 8 unspecified atom stereocenters. The van der Waals surface area contributed by atoms with Gasteiger partial charge < -0.3 is 39.4 Å². The Morgan fingerprint density at radius 2 is 1.81 bits per heavy atom. The van der Waals surface area contributed by atoms with E-state index in [1.807, 2.05) is 19.1 Å². The molecule has 0 amide bonds. The molecule has 2 saturated heterocycles. The molecule has 9 nitrogen and oxygen atoms in total. The predicted octanol–water partition coefficient (Wildman–Crippen LogP) is -1.96. The molecular formula is C26H41NaO9. The van der Waals surface area contributed by atoms with Gasteiger partial charge in [-0.3, -0.25) is 0 Å². The summed E-state index contributed by atoms with van der Waals surface area (Å²) in [4.78, 5) is 22.3. The maximum atomic E-state index is 12.0. The molecule has 0 aromatic rings. The molecule has 2 aliphatic heterocycles. The maximum Gasteiger partial charge on any atom is 1.00 e. The first-order valence-electron chi connectivity index (χ1n) is 12.6. The summed E-state index contributed by atoms with van der Waals surface area (Å²) < 4.78 is 16.7. The molecule has 10 heteroatoms. The number of allylic oxidation sites excluding steroid dienone is 2. The summed E-state index contributed by atoms with van der Waals surface area (Å²) >= 11 is 0. The van der Waals surface area contributed by atoms with E-state index in [1.54, 1.807) is 13.8 Å². The van der Waals surface area contributed by atoms with Gasteiger partial charge in [0.2, 0.25) is 0 Å². The monoisotopic (exact) mass is 520 g/mol. The molecule has 2 rings (SSSR count). The summed E-state index contributed by atoms with van der Waals surface area (Å²) in [7, 11) is 0. The van der Waals surface area contributed by atoms with Crippen molar-refractivity contribution in [1.29, 1.82) is 0 Å². The minimum Gasteiger partial charge on any atom is -0.550 e. The topological polar surface area (TPSA) is 149 Å². The molecule has 2 heterocycles. The van der Waals surface area contributed by atoms with Crippen LogP contribution in [0.4, 0.5) is 0 Å². The first-order valence-corrected chi connectivity index (χ1v) is 12.6. The van der Waals surface area contributed by atoms with Crippen molar-refractivity contribution < 1.29 is 73.8 Å². The first-order chi connectivity index (χ1) is 16.6. The van der Waals surface area contributed by atoms with E-state index in [9.17, 15) is 30.0 Å². The Kier molecular flexibility index (Phi) is 15.6. The molecule has 0 bridgehead atoms. The number of aliphatic hydroxyl groups excluding tert-OH is 3. The molecule has 0 aromatic carbocycles. The van der Waals surface area contributed by atoms with Crippen LogP contribution in [0.1, 0.15) is 65.7 Å². The summed E-state index contributed by atoms with van der Waals surface area (Å²) in [6.45, 7) is 5.99. The third-order valence-electron chi connectivity index (χ3n) is 6.75. The van der Waals surface area contributed by atoms with Gasteiger partial charge in [-0.05, 0) is 58.8 Å². The molecule has 8 atom stereocenters. The quantitative estimate of drug-likeness (QED) is 0.0559. The van der Waals surface area contributed by atoms with Crippen molar-refractivity contribution in [3.05, 3.63) is 23.8 Å². The van der Waals surface area contributed by atoms with Crippen LogP contribution in [0.2, 0.25) is 0 Å². The molecule has 2 fully saturated rings. The van der Waals surface area contributed by atoms with Gasteiger partial charge in [-0.1, -0.05) is 24.6 Å². The zero-order chi connectivity index (χ0) is 26.0. The van der Waals surface area contributed by atoms with Gasteiger partial charge in [-0.2, -0.15) is 0 Å². The number of carbonyl (C=O) groups excluding carboxylic acids is 2. The van der Waals surface area contributed by atoms with E-state index in [2.05, 4.69) is 0 Å². The zero-order valence-corrected chi connectivity index (χ0v) is 24.0. The minimum absolute atomic E-state index is 0. The second-order valence-corrected chi connectivity index (χ2v) is 9.83. The summed E-state index contributed by atoms with van der Waals surface area (Å²) in [5, 5.41) is 41.2. The molecule has 0 aromatic heterocycles. The Morgan fingerprint density at radius 3 is 2.47 bits per heavy atom. The molecule has 2 aliphatic rings. The Bertz CT molecular complexity index is 739. The van der Waals surface area contributed by atoms with Crippen LogP contribution in [0.15, 0.2) is 23.8 Å². The summed E-state index contributed by atoms with van der Waals surface area (Å²) in [5.41, 5.74) is 0.692. The standard InChI is InChI=1S/C26H42O9.Na/c1-16(13-23(30)33-11-9-7-5-4-6-8-10-22(28)29)12-20-25(32)24(31)19(15-34-20)14-21-26(35-21)17(2)18(3)27;/h4,6,13,17-21,24-27,31-32H,5,7-12,14-15H2,1-3H3,(H,28,29);/q;+1/p-1. The summed E-state index contributed by atoms with van der Waals surface area (Å²) in [5.74, 6) is -1.76. The van der Waals surface area contributed by atoms with Crippen molar-refractivity contribution in [3.63, 3.8) is 0 Å². The number of unbranched alkanes of at least 4 members (excludes halogenated alkanes) is 2. The number of carboxylic acids is 1. The zero-order valence-electron chi connectivity index (χ0n) is 22.0. The number of aliphatic hydroxyl groups is 3. The van der Waals surface area contributed by atoms with Crippen LogP contribution in [0.25, 0.3) is 0 Å². The summed E-state index contributed by atoms with van der Waals surface area (Å²) in [6, 6.07) is 0. The van der Waals surface area contributed by atoms with Crippen LogP contribution in [0, 0.1) is 11.8 Å². The number of hydrogen-bond acceptors (Lipinski definition) is 9. The van der Waals surface area contributed by atoms with Crippen molar-refractivity contribution in [2.75, 3.05) is 13.2 Å². The van der Waals surface area contributed by atoms with E-state index in [0.29, 0.717) is 31.3 Å². The van der Waals surface area contributed by atoms with Gasteiger partial charge in [0.05, 0.1) is 43.7 Å². The van der Waals surface area contributed by atoms with Gasteiger partial charge in [0.1, 0.15) is 6.10 Å². The smallest absolute Gasteiger partial charge is 0.550 e. The van der Waals surface area contributed by atoms with E-state index in [4.69, 9.17) is 14.2 Å². The minimum atomic E-state index is -1.07. The Labute approximate surface area is 236 Å². The number of carbonyl (C=O) groups is 2. The van der Waals surface area contributed by atoms with E-state index in [0.717, 1.165) is 12.8 Å². The number of rotatable bonds is 15. The van der Waals surface area contributed by atoms with E-state index >= 15 is 0 Å². The number of epoxide rings is 1. The van der Waals surface area contributed by atoms with Crippen molar-refractivity contribution in [2.24, 2.45) is 11.8 Å². The first kappa shape index (κ1) is 33.2. The predicted molar refractivity (Wildman–Crippen MR) is 126 cm³/mol. The van der Waals surface area contributed by atoms with Gasteiger partial charge in [-0.25, -0.2) is 4.79 Å². The fraction of sp³-hybridized carbons (Fsp3) is 0.769. The fourth-order valence-corrected chi connectivity index (χ4v) is 4.30. The van der Waals surface area contributed by atoms with Gasteiger partial charge in [-0.15, -0.1) is 0 Å². The number of hydrogen-bond donors (Lipinski definition) is 3. The molecule has 0 saturated carbocycles. The molecular weight excluding hydrogens is 479 g/mol. The van der Waals surface area contributed by atoms with E-state index in [1.165, 1.54) is 6.08 Å². The third-order valence-corrected chi connectivity index (χ3v) is 6.75. The van der Waals surface area contributed by atoms with Crippen molar-refractivity contribution >= 4 is 11.9 Å². The average molecular weight is 521 g/mol. The van der Waals surface area contributed by atoms with E-state index < -0.39 is 36.4 Å². The molecule has 200 valence electrons. The maximum absolute atomic E-state index is 12.0. The van der Waals surface area contributed by atoms with Gasteiger partial charge in [0, 0.05) is 23.9 Å². The number of esters is 1.